The minimum atomic E-state index is -0.366. The lowest BCUT2D eigenvalue weighted by molar-refractivity contribution is 0.0673. The van der Waals surface area contributed by atoms with Crippen LogP contribution in [0.5, 0.6) is 0 Å². The highest BCUT2D eigenvalue weighted by atomic mass is 19.1. The van der Waals surface area contributed by atoms with Crippen LogP contribution in [-0.2, 0) is 17.8 Å². The summed E-state index contributed by atoms with van der Waals surface area (Å²) >= 11 is 0. The fraction of sp³-hybridized carbons (Fsp3) is 0.333. The third kappa shape index (κ3) is 5.13. The molecule has 1 heterocycles. The van der Waals surface area contributed by atoms with Crippen LogP contribution in [-0.4, -0.2) is 40.6 Å². The van der Waals surface area contributed by atoms with Gasteiger partial charge in [-0.25, -0.2) is 9.37 Å². The van der Waals surface area contributed by atoms with Gasteiger partial charge in [0.1, 0.15) is 11.6 Å². The summed E-state index contributed by atoms with van der Waals surface area (Å²) in [5.41, 5.74) is 5.43. The van der Waals surface area contributed by atoms with Crippen molar-refractivity contribution >= 4 is 5.91 Å². The number of methoxy groups -OCH3 is 1. The van der Waals surface area contributed by atoms with Crippen molar-refractivity contribution in [1.29, 1.82) is 0 Å². The zero-order chi connectivity index (χ0) is 21.7. The van der Waals surface area contributed by atoms with Crippen molar-refractivity contribution < 1.29 is 13.9 Å². The highest BCUT2D eigenvalue weighted by Gasteiger charge is 2.19. The number of carbonyl (C=O) groups is 1. The van der Waals surface area contributed by atoms with Crippen molar-refractivity contribution in [2.24, 2.45) is 0 Å². The zero-order valence-corrected chi connectivity index (χ0v) is 18.0. The van der Waals surface area contributed by atoms with E-state index in [0.29, 0.717) is 31.8 Å². The van der Waals surface area contributed by atoms with E-state index in [0.717, 1.165) is 5.82 Å². The molecule has 6 heteroatoms. The van der Waals surface area contributed by atoms with Gasteiger partial charge in [-0.1, -0.05) is 17.7 Å². The van der Waals surface area contributed by atoms with Gasteiger partial charge in [-0.15, -0.1) is 0 Å². The number of ether oxygens (including phenoxy) is 1. The van der Waals surface area contributed by atoms with Gasteiger partial charge in [-0.05, 0) is 61.7 Å². The van der Waals surface area contributed by atoms with Crippen LogP contribution in [0.15, 0.2) is 48.8 Å². The van der Waals surface area contributed by atoms with Gasteiger partial charge >= 0.3 is 0 Å². The lowest BCUT2D eigenvalue weighted by Crippen LogP contribution is -2.34. The first-order valence-corrected chi connectivity index (χ1v) is 9.99. The second-order valence-electron chi connectivity index (χ2n) is 7.58. The topological polar surface area (TPSA) is 47.4 Å². The van der Waals surface area contributed by atoms with Crippen LogP contribution < -0.4 is 0 Å². The highest BCUT2D eigenvalue weighted by Crippen LogP contribution is 2.19. The van der Waals surface area contributed by atoms with E-state index in [1.807, 2.05) is 6.20 Å². The minimum absolute atomic E-state index is 0.177. The third-order valence-corrected chi connectivity index (χ3v) is 5.25. The largest absolute Gasteiger partial charge is 0.383 e. The molecule has 0 fully saturated rings. The molecule has 0 aliphatic heterocycles. The van der Waals surface area contributed by atoms with Crippen molar-refractivity contribution in [3.05, 3.63) is 88.3 Å². The molecule has 5 nitrogen and oxygen atoms in total. The molecule has 0 aliphatic rings. The first-order valence-electron chi connectivity index (χ1n) is 9.99. The summed E-state index contributed by atoms with van der Waals surface area (Å²) in [5.74, 6) is 0.250. The van der Waals surface area contributed by atoms with E-state index in [1.165, 1.54) is 46.5 Å². The average Bonchev–Trinajstić information content (AvgIpc) is 3.14. The number of aromatic nitrogens is 2. The molecule has 0 saturated heterocycles. The van der Waals surface area contributed by atoms with E-state index >= 15 is 0 Å². The van der Waals surface area contributed by atoms with E-state index in [2.05, 4.69) is 42.5 Å². The molecule has 0 bridgehead atoms. The number of rotatable bonds is 8. The molecule has 0 spiro atoms. The van der Waals surface area contributed by atoms with Crippen LogP contribution in [0.2, 0.25) is 0 Å². The van der Waals surface area contributed by atoms with Crippen LogP contribution in [0.4, 0.5) is 4.39 Å². The number of halogens is 1. The third-order valence-electron chi connectivity index (χ3n) is 5.25. The van der Waals surface area contributed by atoms with E-state index < -0.39 is 0 Å². The molecule has 1 amide bonds. The molecule has 0 unspecified atom stereocenters. The molecule has 0 aliphatic carbocycles. The normalized spacial score (nSPS) is 11.0. The number of amides is 1. The predicted octanol–water partition coefficient (Wildman–Crippen LogP) is 4.28. The van der Waals surface area contributed by atoms with Gasteiger partial charge in [0.15, 0.2) is 0 Å². The molecule has 3 aromatic rings. The van der Waals surface area contributed by atoms with Gasteiger partial charge < -0.3 is 14.2 Å². The Morgan fingerprint density at radius 1 is 1.13 bits per heavy atom. The Morgan fingerprint density at radius 3 is 2.43 bits per heavy atom. The van der Waals surface area contributed by atoms with Crippen molar-refractivity contribution in [3.8, 4) is 0 Å². The number of aryl methyl sites for hydroxylation is 3. The van der Waals surface area contributed by atoms with Gasteiger partial charge in [-0.2, -0.15) is 0 Å². The SMILES string of the molecule is COCCN(Cc1nccn1Cc1c(C)cc(C)cc1C)C(=O)c1ccc(F)cc1. The van der Waals surface area contributed by atoms with Gasteiger partial charge in [0, 0.05) is 38.2 Å². The molecule has 30 heavy (non-hydrogen) atoms. The number of carbonyl (C=O) groups excluding carboxylic acids is 1. The van der Waals surface area contributed by atoms with E-state index in [1.54, 1.807) is 18.2 Å². The molecule has 0 atom stereocenters. The highest BCUT2D eigenvalue weighted by molar-refractivity contribution is 5.94. The van der Waals surface area contributed by atoms with Gasteiger partial charge in [0.2, 0.25) is 0 Å². The fourth-order valence-corrected chi connectivity index (χ4v) is 3.66. The first kappa shape index (κ1) is 21.7. The molecule has 2 aromatic carbocycles. The maximum Gasteiger partial charge on any atom is 0.254 e. The number of hydrogen-bond donors (Lipinski definition) is 0. The van der Waals surface area contributed by atoms with Crippen molar-refractivity contribution in [1.82, 2.24) is 14.5 Å². The van der Waals surface area contributed by atoms with Crippen LogP contribution >= 0.6 is 0 Å². The molecule has 0 saturated carbocycles. The smallest absolute Gasteiger partial charge is 0.254 e. The number of benzene rings is 2. The molecular weight excluding hydrogens is 381 g/mol. The Kier molecular flexibility index (Phi) is 7.00. The van der Waals surface area contributed by atoms with Crippen molar-refractivity contribution in [2.75, 3.05) is 20.3 Å². The second kappa shape index (κ2) is 9.67. The Morgan fingerprint density at radius 2 is 1.80 bits per heavy atom. The standard InChI is InChI=1S/C24H28FN3O2/c1-17-13-18(2)22(19(3)14-17)15-27-10-9-26-23(27)16-28(11-12-30-4)24(29)20-5-7-21(25)8-6-20/h5-10,13-14H,11-12,15-16H2,1-4H3. The summed E-state index contributed by atoms with van der Waals surface area (Å²) in [5, 5.41) is 0. The Balaban J connectivity index is 1.83. The maximum absolute atomic E-state index is 13.3. The Bertz CT molecular complexity index is 989. The summed E-state index contributed by atoms with van der Waals surface area (Å²) < 4.78 is 20.5. The molecule has 1 aromatic heterocycles. The van der Waals surface area contributed by atoms with E-state index in [4.69, 9.17) is 4.74 Å². The van der Waals surface area contributed by atoms with E-state index in [-0.39, 0.29) is 11.7 Å². The van der Waals surface area contributed by atoms with Crippen LogP contribution in [0.3, 0.4) is 0 Å². The average molecular weight is 410 g/mol. The second-order valence-corrected chi connectivity index (χ2v) is 7.58. The van der Waals surface area contributed by atoms with Gasteiger partial charge in [0.25, 0.3) is 5.91 Å². The monoisotopic (exact) mass is 409 g/mol. The quantitative estimate of drug-likeness (QED) is 0.558. The molecule has 0 N–H and O–H groups in total. The zero-order valence-electron chi connectivity index (χ0n) is 18.0. The molecular formula is C24H28FN3O2. The summed E-state index contributed by atoms with van der Waals surface area (Å²) in [6.45, 7) is 8.20. The fourth-order valence-electron chi connectivity index (χ4n) is 3.66. The molecule has 158 valence electrons. The summed E-state index contributed by atoms with van der Waals surface area (Å²) in [4.78, 5) is 19.2. The van der Waals surface area contributed by atoms with Gasteiger partial charge in [0.05, 0.1) is 13.2 Å². The Labute approximate surface area is 177 Å². The van der Waals surface area contributed by atoms with Crippen molar-refractivity contribution in [3.63, 3.8) is 0 Å². The van der Waals surface area contributed by atoms with Crippen LogP contribution in [0.25, 0.3) is 0 Å². The Hall–Kier alpha value is -2.99. The predicted molar refractivity (Wildman–Crippen MR) is 115 cm³/mol. The maximum atomic E-state index is 13.3. The number of nitrogens with zero attached hydrogens (tertiary/aromatic N) is 3. The molecule has 0 radical (unpaired) electrons. The minimum Gasteiger partial charge on any atom is -0.383 e. The van der Waals surface area contributed by atoms with E-state index in [9.17, 15) is 9.18 Å². The summed E-state index contributed by atoms with van der Waals surface area (Å²) in [6, 6.07) is 9.97. The summed E-state index contributed by atoms with van der Waals surface area (Å²) in [6.07, 6.45) is 3.69. The first-order chi connectivity index (χ1) is 14.4. The summed E-state index contributed by atoms with van der Waals surface area (Å²) in [7, 11) is 1.60. The van der Waals surface area contributed by atoms with Crippen LogP contribution in [0.1, 0.15) is 38.4 Å². The lowest BCUT2D eigenvalue weighted by Gasteiger charge is -2.23. The van der Waals surface area contributed by atoms with Crippen LogP contribution in [0, 0.1) is 26.6 Å². The van der Waals surface area contributed by atoms with Gasteiger partial charge in [-0.3, -0.25) is 4.79 Å². The molecule has 3 rings (SSSR count). The number of hydrogen-bond acceptors (Lipinski definition) is 3. The van der Waals surface area contributed by atoms with Crippen molar-refractivity contribution in [2.45, 2.75) is 33.9 Å². The lowest BCUT2D eigenvalue weighted by atomic mass is 10.00. The number of imidazole rings is 1.